The summed E-state index contributed by atoms with van der Waals surface area (Å²) in [5.41, 5.74) is 1.73. The Morgan fingerprint density at radius 1 is 1.27 bits per heavy atom. The number of amides is 1. The quantitative estimate of drug-likeness (QED) is 0.381. The first kappa shape index (κ1) is 31.6. The van der Waals surface area contributed by atoms with Crippen molar-refractivity contribution < 1.29 is 22.7 Å². The van der Waals surface area contributed by atoms with Crippen LogP contribution >= 0.6 is 0 Å². The molecule has 236 valence electrons. The van der Waals surface area contributed by atoms with Gasteiger partial charge in [-0.25, -0.2) is 0 Å². The highest BCUT2D eigenvalue weighted by molar-refractivity contribution is 5.87. The number of hydrogen-bond donors (Lipinski definition) is 0. The second kappa shape index (κ2) is 12.3. The molecular weight excluding hydrogens is 571 g/mol. The number of alkyl halides is 3. The minimum atomic E-state index is -4.45. The highest BCUT2D eigenvalue weighted by atomic mass is 19.4. The zero-order valence-electron chi connectivity index (χ0n) is 25.8. The fourth-order valence-electron chi connectivity index (χ4n) is 6.60. The lowest BCUT2D eigenvalue weighted by molar-refractivity contribution is -0.138. The van der Waals surface area contributed by atoms with Crippen LogP contribution in [0, 0.1) is 23.7 Å². The maximum atomic E-state index is 13.8. The number of benzene rings is 1. The Morgan fingerprint density at radius 3 is 2.66 bits per heavy atom. The summed E-state index contributed by atoms with van der Waals surface area (Å²) in [5.74, 6) is 0.485. The molecule has 5 rings (SSSR count). The molecule has 44 heavy (non-hydrogen) atoms. The van der Waals surface area contributed by atoms with Crippen LogP contribution < -0.4 is 14.5 Å². The molecule has 2 aromatic rings. The molecule has 1 aliphatic carbocycles. The number of ether oxygens (including phenoxy) is 1. The van der Waals surface area contributed by atoms with Crippen molar-refractivity contribution in [2.24, 2.45) is 5.41 Å². The van der Waals surface area contributed by atoms with Gasteiger partial charge in [-0.3, -0.25) is 4.79 Å². The lowest BCUT2D eigenvalue weighted by Crippen LogP contribution is -2.55. The molecule has 1 aromatic heterocycles. The third-order valence-electron chi connectivity index (χ3n) is 9.01. The lowest BCUT2D eigenvalue weighted by Gasteiger charge is -2.43. The number of halogens is 3. The van der Waals surface area contributed by atoms with E-state index in [0.29, 0.717) is 56.4 Å². The lowest BCUT2D eigenvalue weighted by atomic mass is 9.95. The fourth-order valence-corrected chi connectivity index (χ4v) is 6.60. The molecule has 12 heteroatoms. The molecule has 1 saturated carbocycles. The molecule has 2 atom stereocenters. The molecule has 9 nitrogen and oxygen atoms in total. The van der Waals surface area contributed by atoms with E-state index in [-0.39, 0.29) is 41.4 Å². The molecule has 1 amide bonds. The monoisotopic (exact) mass is 611 g/mol. The van der Waals surface area contributed by atoms with Crippen molar-refractivity contribution in [3.05, 3.63) is 53.2 Å². The zero-order valence-corrected chi connectivity index (χ0v) is 25.8. The maximum absolute atomic E-state index is 13.8. The van der Waals surface area contributed by atoms with Crippen LogP contribution in [0.2, 0.25) is 0 Å². The Labute approximate surface area is 256 Å². The topological polar surface area (TPSA) is 88.8 Å². The minimum Gasteiger partial charge on any atom is -0.463 e. The molecule has 2 fully saturated rings. The van der Waals surface area contributed by atoms with Crippen LogP contribution in [0.15, 0.2) is 30.9 Å². The van der Waals surface area contributed by atoms with Gasteiger partial charge in [-0.15, -0.1) is 0 Å². The van der Waals surface area contributed by atoms with E-state index in [9.17, 15) is 23.2 Å². The zero-order chi connectivity index (χ0) is 31.8. The molecule has 0 radical (unpaired) electrons. The number of piperazine rings is 1. The molecule has 2 aliphatic heterocycles. The van der Waals surface area contributed by atoms with Gasteiger partial charge in [0.05, 0.1) is 42.9 Å². The minimum absolute atomic E-state index is 0.0488. The second-order valence-corrected chi connectivity index (χ2v) is 12.6. The fraction of sp³-hybridized carbons (Fsp3) is 0.562. The highest BCUT2D eigenvalue weighted by Crippen LogP contribution is 2.46. The summed E-state index contributed by atoms with van der Waals surface area (Å²) in [5, 5.41) is 9.51. The number of carbonyl (C=O) groups excluding carboxylic acids is 1. The molecule has 0 spiro atoms. The smallest absolute Gasteiger partial charge is 0.416 e. The van der Waals surface area contributed by atoms with Crippen molar-refractivity contribution in [2.75, 3.05) is 56.7 Å². The van der Waals surface area contributed by atoms with Crippen LogP contribution in [-0.2, 0) is 23.9 Å². The van der Waals surface area contributed by atoms with E-state index in [1.165, 1.54) is 19.1 Å². The molecule has 1 aromatic carbocycles. The van der Waals surface area contributed by atoms with Gasteiger partial charge >= 0.3 is 12.2 Å². The Hall–Kier alpha value is -3.85. The van der Waals surface area contributed by atoms with E-state index >= 15 is 0 Å². The molecule has 0 bridgehead atoms. The highest BCUT2D eigenvalue weighted by Gasteiger charge is 2.44. The number of fused-ring (bicyclic) bond motifs is 1. The van der Waals surface area contributed by atoms with Crippen molar-refractivity contribution >= 4 is 17.4 Å². The second-order valence-electron chi connectivity index (χ2n) is 12.6. The number of nitrogens with zero attached hydrogens (tertiary/aromatic N) is 7. The largest absolute Gasteiger partial charge is 0.463 e. The summed E-state index contributed by atoms with van der Waals surface area (Å²) >= 11 is 0. The SMILES string of the molecule is C=CC(=O)N1CCN(c2nc(OCC3(CN(C)C)CC3)nc3c2CC(C)N(c2cccc(C(F)(F)F)c2C)C3)CC1CC#N. The van der Waals surface area contributed by atoms with Crippen molar-refractivity contribution in [3.63, 3.8) is 0 Å². The Balaban J connectivity index is 1.51. The average molecular weight is 612 g/mol. The Kier molecular flexibility index (Phi) is 8.80. The molecule has 2 unspecified atom stereocenters. The first-order valence-electron chi connectivity index (χ1n) is 15.0. The van der Waals surface area contributed by atoms with Crippen molar-refractivity contribution in [1.29, 1.82) is 5.26 Å². The van der Waals surface area contributed by atoms with Gasteiger partial charge < -0.3 is 24.3 Å². The van der Waals surface area contributed by atoms with Gasteiger partial charge in [-0.05, 0) is 71.0 Å². The Morgan fingerprint density at radius 2 is 2.02 bits per heavy atom. The van der Waals surface area contributed by atoms with E-state index in [0.717, 1.165) is 31.0 Å². The van der Waals surface area contributed by atoms with E-state index in [1.807, 2.05) is 25.9 Å². The van der Waals surface area contributed by atoms with Gasteiger partial charge in [-0.2, -0.15) is 28.4 Å². The van der Waals surface area contributed by atoms with E-state index < -0.39 is 11.7 Å². The number of rotatable bonds is 9. The summed E-state index contributed by atoms with van der Waals surface area (Å²) < 4.78 is 47.6. The molecule has 3 aliphatic rings. The van der Waals surface area contributed by atoms with Crippen LogP contribution in [-0.4, -0.2) is 84.6 Å². The molecule has 1 saturated heterocycles. The number of nitriles is 1. The normalized spacial score (nSPS) is 21.1. The number of carbonyl (C=O) groups is 1. The van der Waals surface area contributed by atoms with Crippen LogP contribution in [0.1, 0.15) is 48.6 Å². The van der Waals surface area contributed by atoms with E-state index in [1.54, 1.807) is 11.0 Å². The summed E-state index contributed by atoms with van der Waals surface area (Å²) in [7, 11) is 4.07. The summed E-state index contributed by atoms with van der Waals surface area (Å²) in [4.78, 5) is 30.2. The number of hydrogen-bond acceptors (Lipinski definition) is 8. The first-order valence-corrected chi connectivity index (χ1v) is 15.0. The average Bonchev–Trinajstić information content (AvgIpc) is 3.73. The van der Waals surface area contributed by atoms with Crippen LogP contribution in [0.4, 0.5) is 24.7 Å². The van der Waals surface area contributed by atoms with Gasteiger partial charge in [0.25, 0.3) is 0 Å². The van der Waals surface area contributed by atoms with Crippen molar-refractivity contribution in [3.8, 4) is 12.1 Å². The first-order chi connectivity index (χ1) is 20.9. The summed E-state index contributed by atoms with van der Waals surface area (Å²) in [6, 6.07) is 6.26. The molecule has 0 N–H and O–H groups in total. The Bertz CT molecular complexity index is 1450. The van der Waals surface area contributed by atoms with Gasteiger partial charge in [-0.1, -0.05) is 12.6 Å². The predicted octanol–water partition coefficient (Wildman–Crippen LogP) is 4.59. The van der Waals surface area contributed by atoms with E-state index in [4.69, 9.17) is 14.7 Å². The predicted molar refractivity (Wildman–Crippen MR) is 161 cm³/mol. The molecular formula is C32H40F3N7O2. The van der Waals surface area contributed by atoms with E-state index in [2.05, 4.69) is 22.4 Å². The standard InChI is InChI=1S/C32H40F3N7O2/c1-6-28(43)41-15-14-40(17-23(41)10-13-36)29-24-16-21(2)42(27-9-7-8-25(22(27)3)32(33,34)35)18-26(24)37-30(38-29)44-20-31(11-12-31)19-39(4)5/h6-9,21,23H,1,10-12,14-20H2,2-5H3. The van der Waals surface area contributed by atoms with Crippen molar-refractivity contribution in [2.45, 2.75) is 64.3 Å². The van der Waals surface area contributed by atoms with Gasteiger partial charge in [0.15, 0.2) is 0 Å². The third kappa shape index (κ3) is 6.48. The van der Waals surface area contributed by atoms with Crippen molar-refractivity contribution in [1.82, 2.24) is 19.8 Å². The van der Waals surface area contributed by atoms with Crippen LogP contribution in [0.3, 0.4) is 0 Å². The van der Waals surface area contributed by atoms with Crippen LogP contribution in [0.25, 0.3) is 0 Å². The summed E-state index contributed by atoms with van der Waals surface area (Å²) in [6.07, 6.45) is -0.394. The summed E-state index contributed by atoms with van der Waals surface area (Å²) in [6.45, 7) is 10.1. The van der Waals surface area contributed by atoms with Gasteiger partial charge in [0.1, 0.15) is 5.82 Å². The number of aromatic nitrogens is 2. The molecule has 3 heterocycles. The maximum Gasteiger partial charge on any atom is 0.416 e. The third-order valence-corrected chi connectivity index (χ3v) is 9.01. The van der Waals surface area contributed by atoms with Gasteiger partial charge in [0, 0.05) is 48.9 Å². The van der Waals surface area contributed by atoms with Crippen LogP contribution in [0.5, 0.6) is 6.01 Å². The van der Waals surface area contributed by atoms with Gasteiger partial charge in [0.2, 0.25) is 5.91 Å². The number of anilines is 2.